The third-order valence-corrected chi connectivity index (χ3v) is 6.11. The van der Waals surface area contributed by atoms with E-state index in [0.717, 1.165) is 24.1 Å². The number of unbranched alkanes of at least 4 members (excludes halogenated alkanes) is 9. The van der Waals surface area contributed by atoms with E-state index in [1.807, 2.05) is 61.5 Å². The van der Waals surface area contributed by atoms with Crippen molar-refractivity contribution >= 4 is 5.91 Å². The molecule has 0 spiro atoms. The van der Waals surface area contributed by atoms with E-state index in [9.17, 15) is 10.0 Å². The second kappa shape index (κ2) is 15.6. The number of hydrogen-bond donors (Lipinski definition) is 2. The van der Waals surface area contributed by atoms with Crippen molar-refractivity contribution in [2.24, 2.45) is 0 Å². The summed E-state index contributed by atoms with van der Waals surface area (Å²) in [6.07, 6.45) is 12.9. The molecule has 0 aliphatic rings. The van der Waals surface area contributed by atoms with E-state index in [1.54, 1.807) is 0 Å². The maximum Gasteiger partial charge on any atom is 0.251 e. The lowest BCUT2D eigenvalue weighted by atomic mass is 10.1. The number of nitrogens with zero attached hydrogens (tertiary/aromatic N) is 1. The minimum Gasteiger partial charge on any atom is -0.352 e. The quantitative estimate of drug-likeness (QED) is 0.214. The Labute approximate surface area is 195 Å². The van der Waals surface area contributed by atoms with E-state index >= 15 is 0 Å². The zero-order chi connectivity index (χ0) is 23.0. The summed E-state index contributed by atoms with van der Waals surface area (Å²) in [5.41, 5.74) is 2.71. The van der Waals surface area contributed by atoms with Gasteiger partial charge in [0.05, 0.1) is 6.04 Å². The number of carbonyl (C=O) groups excluding carboxylic acids is 1. The van der Waals surface area contributed by atoms with Gasteiger partial charge < -0.3 is 10.5 Å². The zero-order valence-corrected chi connectivity index (χ0v) is 20.1. The molecular weight excluding hydrogens is 396 g/mol. The summed E-state index contributed by atoms with van der Waals surface area (Å²) in [4.78, 5) is 12.4. The van der Waals surface area contributed by atoms with Crippen LogP contribution >= 0.6 is 0 Å². The Morgan fingerprint density at radius 2 is 1.41 bits per heavy atom. The van der Waals surface area contributed by atoms with Gasteiger partial charge in [0.25, 0.3) is 5.91 Å². The lowest BCUT2D eigenvalue weighted by Gasteiger charge is -2.23. The van der Waals surface area contributed by atoms with Crippen LogP contribution < -0.4 is 5.32 Å². The molecule has 0 aliphatic carbocycles. The van der Waals surface area contributed by atoms with Crippen molar-refractivity contribution in [3.63, 3.8) is 0 Å². The number of rotatable bonds is 16. The predicted molar refractivity (Wildman–Crippen MR) is 133 cm³/mol. The van der Waals surface area contributed by atoms with Crippen LogP contribution in [0.5, 0.6) is 0 Å². The summed E-state index contributed by atoms with van der Waals surface area (Å²) < 4.78 is 0. The van der Waals surface area contributed by atoms with Crippen LogP contribution in [0.1, 0.15) is 106 Å². The summed E-state index contributed by atoms with van der Waals surface area (Å²) in [5.74, 6) is -0.0222. The van der Waals surface area contributed by atoms with Crippen LogP contribution in [0.15, 0.2) is 54.6 Å². The highest BCUT2D eigenvalue weighted by molar-refractivity contribution is 5.94. The van der Waals surface area contributed by atoms with Gasteiger partial charge in [0.15, 0.2) is 0 Å². The summed E-state index contributed by atoms with van der Waals surface area (Å²) in [5, 5.41) is 14.8. The van der Waals surface area contributed by atoms with Crippen molar-refractivity contribution in [3.05, 3.63) is 71.3 Å². The van der Waals surface area contributed by atoms with Crippen LogP contribution in [0.2, 0.25) is 0 Å². The van der Waals surface area contributed by atoms with Crippen LogP contribution in [0.25, 0.3) is 0 Å². The van der Waals surface area contributed by atoms with Crippen LogP contribution in [0.3, 0.4) is 0 Å². The van der Waals surface area contributed by atoms with Gasteiger partial charge in [-0.05, 0) is 36.6 Å². The lowest BCUT2D eigenvalue weighted by Crippen LogP contribution is -2.25. The zero-order valence-electron chi connectivity index (χ0n) is 20.1. The van der Waals surface area contributed by atoms with E-state index in [2.05, 4.69) is 12.2 Å². The van der Waals surface area contributed by atoms with Gasteiger partial charge in [-0.2, -0.15) is 5.06 Å². The Balaban J connectivity index is 1.60. The summed E-state index contributed by atoms with van der Waals surface area (Å²) in [7, 11) is 0. The molecule has 0 bridgehead atoms. The summed E-state index contributed by atoms with van der Waals surface area (Å²) >= 11 is 0. The molecule has 0 radical (unpaired) electrons. The molecular formula is C28H42N2O2. The van der Waals surface area contributed by atoms with Crippen LogP contribution in [-0.4, -0.2) is 22.7 Å². The minimum absolute atomic E-state index is 0.0222. The molecule has 2 aromatic carbocycles. The third kappa shape index (κ3) is 9.97. The number of hydrogen-bond acceptors (Lipinski definition) is 3. The molecule has 0 fully saturated rings. The molecule has 32 heavy (non-hydrogen) atoms. The van der Waals surface area contributed by atoms with Crippen molar-refractivity contribution < 1.29 is 10.0 Å². The normalized spacial score (nSPS) is 12.1. The number of amides is 1. The Bertz CT molecular complexity index is 746. The van der Waals surface area contributed by atoms with Gasteiger partial charge in [-0.25, -0.2) is 0 Å². The lowest BCUT2D eigenvalue weighted by molar-refractivity contribution is -0.132. The van der Waals surface area contributed by atoms with E-state index in [4.69, 9.17) is 0 Å². The maximum atomic E-state index is 12.4. The fraction of sp³-hybridized carbons (Fsp3) is 0.536. The molecule has 0 heterocycles. The van der Waals surface area contributed by atoms with Crippen molar-refractivity contribution in [1.29, 1.82) is 0 Å². The highest BCUT2D eigenvalue weighted by Crippen LogP contribution is 2.20. The fourth-order valence-electron chi connectivity index (χ4n) is 3.91. The maximum absolute atomic E-state index is 12.4. The van der Waals surface area contributed by atoms with Crippen molar-refractivity contribution in [2.75, 3.05) is 6.54 Å². The second-order valence-corrected chi connectivity index (χ2v) is 8.82. The largest absolute Gasteiger partial charge is 0.352 e. The molecule has 2 aromatic rings. The van der Waals surface area contributed by atoms with Crippen molar-refractivity contribution in [3.8, 4) is 0 Å². The molecule has 4 nitrogen and oxygen atoms in total. The Kier molecular flexibility index (Phi) is 12.7. The van der Waals surface area contributed by atoms with E-state index < -0.39 is 0 Å². The van der Waals surface area contributed by atoms with Gasteiger partial charge in [0, 0.05) is 18.7 Å². The first-order chi connectivity index (χ1) is 15.6. The van der Waals surface area contributed by atoms with Gasteiger partial charge >= 0.3 is 0 Å². The topological polar surface area (TPSA) is 52.6 Å². The van der Waals surface area contributed by atoms with Gasteiger partial charge in [0.1, 0.15) is 0 Å². The van der Waals surface area contributed by atoms with Gasteiger partial charge in [-0.3, -0.25) is 4.79 Å². The van der Waals surface area contributed by atoms with E-state index in [0.29, 0.717) is 12.1 Å². The van der Waals surface area contributed by atoms with E-state index in [-0.39, 0.29) is 11.9 Å². The van der Waals surface area contributed by atoms with Crippen LogP contribution in [0.4, 0.5) is 0 Å². The Hall–Kier alpha value is -2.17. The van der Waals surface area contributed by atoms with Crippen LogP contribution in [0, 0.1) is 0 Å². The fourth-order valence-corrected chi connectivity index (χ4v) is 3.91. The van der Waals surface area contributed by atoms with Crippen molar-refractivity contribution in [2.45, 2.75) is 90.6 Å². The van der Waals surface area contributed by atoms with Crippen LogP contribution in [-0.2, 0) is 6.54 Å². The predicted octanol–water partition coefficient (Wildman–Crippen LogP) is 7.29. The summed E-state index contributed by atoms with van der Waals surface area (Å²) in [6.45, 7) is 5.38. The first-order valence-corrected chi connectivity index (χ1v) is 12.5. The number of benzene rings is 2. The molecule has 1 unspecified atom stereocenters. The molecule has 2 rings (SSSR count). The number of carbonyl (C=O) groups is 1. The SMILES string of the molecule is CCCCCCCCCCCCNC(=O)c1ccc(CN(O)C(C)c2ccccc2)cc1. The average Bonchev–Trinajstić information content (AvgIpc) is 2.83. The smallest absolute Gasteiger partial charge is 0.251 e. The molecule has 0 saturated heterocycles. The molecule has 0 aromatic heterocycles. The number of hydroxylamine groups is 2. The molecule has 0 saturated carbocycles. The molecule has 0 aliphatic heterocycles. The molecule has 2 N–H and O–H groups in total. The monoisotopic (exact) mass is 438 g/mol. The first kappa shape index (κ1) is 26.1. The Morgan fingerprint density at radius 3 is 2.00 bits per heavy atom. The number of nitrogens with one attached hydrogen (secondary N) is 1. The van der Waals surface area contributed by atoms with E-state index in [1.165, 1.54) is 62.9 Å². The van der Waals surface area contributed by atoms with Gasteiger partial charge in [-0.15, -0.1) is 0 Å². The third-order valence-electron chi connectivity index (χ3n) is 6.11. The summed E-state index contributed by atoms with van der Waals surface area (Å²) in [6, 6.07) is 17.3. The highest BCUT2D eigenvalue weighted by atomic mass is 16.5. The second-order valence-electron chi connectivity index (χ2n) is 8.82. The molecule has 176 valence electrons. The average molecular weight is 439 g/mol. The molecule has 1 amide bonds. The highest BCUT2D eigenvalue weighted by Gasteiger charge is 2.14. The Morgan fingerprint density at radius 1 is 0.844 bits per heavy atom. The minimum atomic E-state index is -0.0970. The molecule has 4 heteroatoms. The first-order valence-electron chi connectivity index (χ1n) is 12.5. The van der Waals surface area contributed by atoms with Crippen molar-refractivity contribution in [1.82, 2.24) is 10.4 Å². The van der Waals surface area contributed by atoms with Gasteiger partial charge in [-0.1, -0.05) is 107 Å². The van der Waals surface area contributed by atoms with Gasteiger partial charge in [0.2, 0.25) is 0 Å². The molecule has 1 atom stereocenters. The standard InChI is InChI=1S/C28H42N2O2/c1-3-4-5-6-7-8-9-10-11-15-22-29-28(31)27-20-18-25(19-21-27)23-30(32)24(2)26-16-13-12-14-17-26/h12-14,16-21,24,32H,3-11,15,22-23H2,1-2H3,(H,29,31).